The van der Waals surface area contributed by atoms with Crippen molar-refractivity contribution in [3.8, 4) is 0 Å². The molecule has 2 N–H and O–H groups in total. The zero-order valence-electron chi connectivity index (χ0n) is 7.81. The summed E-state index contributed by atoms with van der Waals surface area (Å²) in [5.41, 5.74) is 6.70. The van der Waals surface area contributed by atoms with E-state index in [1.807, 2.05) is 12.5 Å². The third-order valence-corrected chi connectivity index (χ3v) is 2.75. The van der Waals surface area contributed by atoms with E-state index in [-0.39, 0.29) is 0 Å². The lowest BCUT2D eigenvalue weighted by Crippen LogP contribution is -2.33. The Labute approximate surface area is 77.7 Å². The zero-order valence-corrected chi connectivity index (χ0v) is 7.81. The van der Waals surface area contributed by atoms with Crippen LogP contribution in [0.25, 0.3) is 0 Å². The molecular weight excluding hydrogens is 166 g/mol. The molecule has 1 heterocycles. The van der Waals surface area contributed by atoms with E-state index in [9.17, 15) is 0 Å². The van der Waals surface area contributed by atoms with Gasteiger partial charge in [0, 0.05) is 25.9 Å². The normalized spacial score (nSPS) is 27.2. The van der Waals surface area contributed by atoms with Crippen molar-refractivity contribution in [2.45, 2.75) is 31.5 Å². The van der Waals surface area contributed by atoms with Gasteiger partial charge in [-0.3, -0.25) is 0 Å². The summed E-state index contributed by atoms with van der Waals surface area (Å²) in [6.45, 7) is 0.564. The van der Waals surface area contributed by atoms with Gasteiger partial charge in [-0.2, -0.15) is 0 Å². The molecule has 72 valence electrons. The highest BCUT2D eigenvalue weighted by molar-refractivity contribution is 5.02. The molecule has 4 heteroatoms. The van der Waals surface area contributed by atoms with Gasteiger partial charge in [0.05, 0.1) is 18.1 Å². The average molecular weight is 181 g/mol. The minimum Gasteiger partial charge on any atom is -0.381 e. The van der Waals surface area contributed by atoms with Crippen LogP contribution in [0.5, 0.6) is 0 Å². The topological polar surface area (TPSA) is 53.1 Å². The smallest absolute Gasteiger partial charge is 0.0951 e. The first-order valence-corrected chi connectivity index (χ1v) is 4.58. The summed E-state index contributed by atoms with van der Waals surface area (Å²) in [6.07, 6.45) is 6.29. The lowest BCUT2D eigenvalue weighted by molar-refractivity contribution is 0.00545. The van der Waals surface area contributed by atoms with Crippen LogP contribution in [0.15, 0.2) is 12.5 Å². The predicted molar refractivity (Wildman–Crippen MR) is 49.2 cm³/mol. The number of aromatic nitrogens is 2. The quantitative estimate of drug-likeness (QED) is 0.746. The third-order valence-electron chi connectivity index (χ3n) is 2.75. The fraction of sp³-hybridized carbons (Fsp3) is 0.667. The molecule has 0 aromatic carbocycles. The predicted octanol–water partition coefficient (Wildman–Crippen LogP) is 0.692. The van der Waals surface area contributed by atoms with E-state index >= 15 is 0 Å². The fourth-order valence-electron chi connectivity index (χ4n) is 1.78. The maximum absolute atomic E-state index is 5.59. The second kappa shape index (κ2) is 3.47. The summed E-state index contributed by atoms with van der Waals surface area (Å²) in [4.78, 5) is 4.09. The molecule has 1 aliphatic carbocycles. The number of imidazole rings is 1. The molecule has 4 nitrogen and oxygen atoms in total. The molecule has 0 spiro atoms. The van der Waals surface area contributed by atoms with Gasteiger partial charge in [-0.05, 0) is 12.8 Å². The Morgan fingerprint density at radius 2 is 2.46 bits per heavy atom. The molecule has 2 rings (SSSR count). The van der Waals surface area contributed by atoms with Crippen LogP contribution < -0.4 is 5.73 Å². The summed E-state index contributed by atoms with van der Waals surface area (Å²) in [5.74, 6) is 0. The third kappa shape index (κ3) is 1.47. The lowest BCUT2D eigenvalue weighted by Gasteiger charge is -2.35. The summed E-state index contributed by atoms with van der Waals surface area (Å²) >= 11 is 0. The zero-order chi connectivity index (χ0) is 9.26. The Balaban J connectivity index is 2.02. The molecule has 13 heavy (non-hydrogen) atoms. The molecule has 0 saturated heterocycles. The highest BCUT2D eigenvalue weighted by Crippen LogP contribution is 2.34. The van der Waals surface area contributed by atoms with Crippen molar-refractivity contribution < 1.29 is 4.74 Å². The monoisotopic (exact) mass is 181 g/mol. The minimum atomic E-state index is 0.429. The Kier molecular flexibility index (Phi) is 2.33. The number of methoxy groups -OCH3 is 1. The maximum atomic E-state index is 5.59. The van der Waals surface area contributed by atoms with Crippen LogP contribution in [0, 0.1) is 0 Å². The van der Waals surface area contributed by atoms with Gasteiger partial charge in [-0.25, -0.2) is 4.98 Å². The number of hydrogen-bond donors (Lipinski definition) is 1. The standard InChI is InChI=1S/C9H15N3O/c1-13-9-2-7(3-9)12-6-11-5-8(12)4-10/h5-7,9H,2-4,10H2,1H3. The SMILES string of the molecule is COC1CC(n2cncc2CN)C1. The van der Waals surface area contributed by atoms with Gasteiger partial charge in [0.1, 0.15) is 0 Å². The van der Waals surface area contributed by atoms with Crippen molar-refractivity contribution in [3.63, 3.8) is 0 Å². The van der Waals surface area contributed by atoms with Crippen LogP contribution in [0.3, 0.4) is 0 Å². The van der Waals surface area contributed by atoms with Gasteiger partial charge in [0.25, 0.3) is 0 Å². The number of nitrogens with two attached hydrogens (primary N) is 1. The number of ether oxygens (including phenoxy) is 1. The summed E-state index contributed by atoms with van der Waals surface area (Å²) < 4.78 is 7.39. The Morgan fingerprint density at radius 1 is 1.69 bits per heavy atom. The Morgan fingerprint density at radius 3 is 3.08 bits per heavy atom. The summed E-state index contributed by atoms with van der Waals surface area (Å²) in [5, 5.41) is 0. The van der Waals surface area contributed by atoms with Gasteiger partial charge in [-0.15, -0.1) is 0 Å². The molecule has 1 aliphatic rings. The molecule has 0 bridgehead atoms. The van der Waals surface area contributed by atoms with E-state index in [0.29, 0.717) is 18.7 Å². The van der Waals surface area contributed by atoms with Gasteiger partial charge < -0.3 is 15.0 Å². The van der Waals surface area contributed by atoms with Crippen LogP contribution >= 0.6 is 0 Å². The molecule has 1 fully saturated rings. The Bertz CT molecular complexity index is 278. The largest absolute Gasteiger partial charge is 0.381 e. The van der Waals surface area contributed by atoms with E-state index in [2.05, 4.69) is 9.55 Å². The molecule has 1 aromatic heterocycles. The molecule has 1 aromatic rings. The molecule has 1 saturated carbocycles. The minimum absolute atomic E-state index is 0.429. The second-order valence-corrected chi connectivity index (χ2v) is 3.48. The van der Waals surface area contributed by atoms with E-state index in [1.54, 1.807) is 7.11 Å². The van der Waals surface area contributed by atoms with Gasteiger partial charge in [0.2, 0.25) is 0 Å². The van der Waals surface area contributed by atoms with Crippen molar-refractivity contribution in [2.75, 3.05) is 7.11 Å². The van der Waals surface area contributed by atoms with Crippen molar-refractivity contribution >= 4 is 0 Å². The van der Waals surface area contributed by atoms with E-state index in [1.165, 1.54) is 0 Å². The first kappa shape index (κ1) is 8.72. The van der Waals surface area contributed by atoms with Crippen molar-refractivity contribution in [1.82, 2.24) is 9.55 Å². The Hall–Kier alpha value is -0.870. The van der Waals surface area contributed by atoms with Crippen LogP contribution in [0.2, 0.25) is 0 Å². The molecule has 0 radical (unpaired) electrons. The second-order valence-electron chi connectivity index (χ2n) is 3.48. The highest BCUT2D eigenvalue weighted by Gasteiger charge is 2.30. The molecular formula is C9H15N3O. The van der Waals surface area contributed by atoms with Crippen molar-refractivity contribution in [2.24, 2.45) is 5.73 Å². The average Bonchev–Trinajstić information content (AvgIpc) is 2.50. The molecule has 0 unspecified atom stereocenters. The number of hydrogen-bond acceptors (Lipinski definition) is 3. The van der Waals surface area contributed by atoms with E-state index in [4.69, 9.17) is 10.5 Å². The van der Waals surface area contributed by atoms with Gasteiger partial charge >= 0.3 is 0 Å². The van der Waals surface area contributed by atoms with E-state index < -0.39 is 0 Å². The first-order valence-electron chi connectivity index (χ1n) is 4.58. The maximum Gasteiger partial charge on any atom is 0.0951 e. The highest BCUT2D eigenvalue weighted by atomic mass is 16.5. The first-order chi connectivity index (χ1) is 6.35. The molecule has 0 aliphatic heterocycles. The fourth-order valence-corrected chi connectivity index (χ4v) is 1.78. The van der Waals surface area contributed by atoms with Crippen LogP contribution in [-0.4, -0.2) is 22.8 Å². The van der Waals surface area contributed by atoms with E-state index in [0.717, 1.165) is 18.5 Å². The summed E-state index contributed by atoms with van der Waals surface area (Å²) in [6, 6.07) is 0.547. The van der Waals surface area contributed by atoms with Crippen LogP contribution in [0.4, 0.5) is 0 Å². The van der Waals surface area contributed by atoms with Gasteiger partial charge in [0.15, 0.2) is 0 Å². The van der Waals surface area contributed by atoms with Crippen molar-refractivity contribution in [3.05, 3.63) is 18.2 Å². The lowest BCUT2D eigenvalue weighted by atomic mass is 9.89. The molecule has 0 atom stereocenters. The van der Waals surface area contributed by atoms with Crippen LogP contribution in [-0.2, 0) is 11.3 Å². The molecule has 0 amide bonds. The summed E-state index contributed by atoms with van der Waals surface area (Å²) in [7, 11) is 1.76. The number of rotatable bonds is 3. The van der Waals surface area contributed by atoms with Crippen molar-refractivity contribution in [1.29, 1.82) is 0 Å². The van der Waals surface area contributed by atoms with Crippen LogP contribution in [0.1, 0.15) is 24.6 Å². The van der Waals surface area contributed by atoms with Gasteiger partial charge in [-0.1, -0.05) is 0 Å². The number of nitrogens with zero attached hydrogens (tertiary/aromatic N) is 2.